The number of fused-ring (bicyclic) bond motifs is 1. The third kappa shape index (κ3) is 2.23. The van der Waals surface area contributed by atoms with Gasteiger partial charge in [-0.3, -0.25) is 4.79 Å². The zero-order valence-corrected chi connectivity index (χ0v) is 9.82. The van der Waals surface area contributed by atoms with Crippen LogP contribution in [0.5, 0.6) is 5.75 Å². The minimum absolute atomic E-state index is 0.0726. The van der Waals surface area contributed by atoms with E-state index in [1.54, 1.807) is 0 Å². The molecule has 0 heterocycles. The third-order valence-corrected chi connectivity index (χ3v) is 2.81. The number of rotatable bonds is 2. The van der Waals surface area contributed by atoms with Crippen LogP contribution in [-0.2, 0) is 11.2 Å². The summed E-state index contributed by atoms with van der Waals surface area (Å²) in [5.41, 5.74) is 2.74. The van der Waals surface area contributed by atoms with Crippen LogP contribution in [0.25, 0.3) is 10.8 Å². The number of carboxylic acids is 1. The lowest BCUT2D eigenvalue weighted by atomic mass is 9.98. The summed E-state index contributed by atoms with van der Waals surface area (Å²) in [5.74, 6) is -0.751. The van der Waals surface area contributed by atoms with Gasteiger partial charge in [0, 0.05) is 5.39 Å². The van der Waals surface area contributed by atoms with Crippen LogP contribution in [-0.4, -0.2) is 16.2 Å². The van der Waals surface area contributed by atoms with Crippen molar-refractivity contribution < 1.29 is 15.0 Å². The molecular weight excluding hydrogens is 216 g/mol. The molecule has 2 aromatic rings. The molecule has 0 aromatic heterocycles. The third-order valence-electron chi connectivity index (χ3n) is 2.81. The van der Waals surface area contributed by atoms with Crippen molar-refractivity contribution in [3.8, 4) is 5.75 Å². The quantitative estimate of drug-likeness (QED) is 0.834. The van der Waals surface area contributed by atoms with Gasteiger partial charge in [0.1, 0.15) is 5.75 Å². The van der Waals surface area contributed by atoms with Crippen molar-refractivity contribution in [2.45, 2.75) is 20.3 Å². The predicted octanol–water partition coefficient (Wildman–Crippen LogP) is 2.79. The number of benzene rings is 2. The number of aliphatic carboxylic acids is 1. The highest BCUT2D eigenvalue weighted by atomic mass is 16.4. The van der Waals surface area contributed by atoms with E-state index in [9.17, 15) is 9.90 Å². The maximum atomic E-state index is 10.7. The van der Waals surface area contributed by atoms with Crippen LogP contribution in [0.3, 0.4) is 0 Å². The maximum Gasteiger partial charge on any atom is 0.307 e. The van der Waals surface area contributed by atoms with Gasteiger partial charge in [-0.15, -0.1) is 0 Å². The second-order valence-corrected chi connectivity index (χ2v) is 4.36. The van der Waals surface area contributed by atoms with Crippen LogP contribution in [0.15, 0.2) is 24.3 Å². The van der Waals surface area contributed by atoms with Gasteiger partial charge in [-0.25, -0.2) is 0 Å². The van der Waals surface area contributed by atoms with E-state index in [1.165, 1.54) is 6.07 Å². The Kier molecular flexibility index (Phi) is 2.76. The average Bonchev–Trinajstić information content (AvgIpc) is 2.19. The molecule has 0 atom stereocenters. The summed E-state index contributed by atoms with van der Waals surface area (Å²) in [4.78, 5) is 10.7. The van der Waals surface area contributed by atoms with Gasteiger partial charge < -0.3 is 10.2 Å². The number of hydrogen-bond donors (Lipinski definition) is 2. The molecule has 0 saturated heterocycles. The van der Waals surface area contributed by atoms with Crippen LogP contribution in [0.1, 0.15) is 16.7 Å². The SMILES string of the molecule is Cc1cc(C)c2cc(CC(=O)O)cc(O)c2c1. The van der Waals surface area contributed by atoms with Crippen molar-refractivity contribution in [3.63, 3.8) is 0 Å². The van der Waals surface area contributed by atoms with Gasteiger partial charge >= 0.3 is 5.97 Å². The van der Waals surface area contributed by atoms with Gasteiger partial charge in [0.2, 0.25) is 0 Å². The summed E-state index contributed by atoms with van der Waals surface area (Å²) < 4.78 is 0. The van der Waals surface area contributed by atoms with E-state index in [0.29, 0.717) is 5.56 Å². The fourth-order valence-electron chi connectivity index (χ4n) is 2.14. The molecule has 0 aliphatic heterocycles. The molecule has 0 fully saturated rings. The summed E-state index contributed by atoms with van der Waals surface area (Å²) in [6.07, 6.45) is -0.0726. The van der Waals surface area contributed by atoms with Crippen molar-refractivity contribution in [3.05, 3.63) is 41.0 Å². The number of phenolic OH excluding ortho intramolecular Hbond substituents is 1. The lowest BCUT2D eigenvalue weighted by Crippen LogP contribution is -2.00. The molecule has 0 spiro atoms. The summed E-state index contributed by atoms with van der Waals surface area (Å²) >= 11 is 0. The predicted molar refractivity (Wildman–Crippen MR) is 66.4 cm³/mol. The first-order chi connectivity index (χ1) is 7.97. The lowest BCUT2D eigenvalue weighted by molar-refractivity contribution is -0.136. The minimum atomic E-state index is -0.895. The van der Waals surface area contributed by atoms with Gasteiger partial charge in [-0.05, 0) is 42.5 Å². The molecule has 0 unspecified atom stereocenters. The topological polar surface area (TPSA) is 57.5 Å². The first-order valence-electron chi connectivity index (χ1n) is 5.42. The number of carbonyl (C=O) groups is 1. The Labute approximate surface area is 99.3 Å². The van der Waals surface area contributed by atoms with Crippen LogP contribution in [0, 0.1) is 13.8 Å². The van der Waals surface area contributed by atoms with Gasteiger partial charge in [-0.2, -0.15) is 0 Å². The zero-order valence-electron chi connectivity index (χ0n) is 9.82. The summed E-state index contributed by atoms with van der Waals surface area (Å²) in [6, 6.07) is 7.28. The van der Waals surface area contributed by atoms with E-state index in [1.807, 2.05) is 32.0 Å². The largest absolute Gasteiger partial charge is 0.507 e. The molecule has 0 bridgehead atoms. The Morgan fingerprint density at radius 2 is 1.82 bits per heavy atom. The number of aromatic hydroxyl groups is 1. The smallest absolute Gasteiger partial charge is 0.307 e. The Bertz CT molecular complexity index is 600. The van der Waals surface area contributed by atoms with Crippen LogP contribution >= 0.6 is 0 Å². The molecule has 0 aliphatic carbocycles. The molecule has 17 heavy (non-hydrogen) atoms. The molecule has 2 N–H and O–H groups in total. The second kappa shape index (κ2) is 4.09. The lowest BCUT2D eigenvalue weighted by Gasteiger charge is -2.08. The zero-order chi connectivity index (χ0) is 12.6. The Hall–Kier alpha value is -2.03. The van der Waals surface area contributed by atoms with Crippen molar-refractivity contribution in [1.29, 1.82) is 0 Å². The van der Waals surface area contributed by atoms with Gasteiger partial charge in [0.05, 0.1) is 6.42 Å². The van der Waals surface area contributed by atoms with Crippen LogP contribution in [0.4, 0.5) is 0 Å². The fraction of sp³-hybridized carbons (Fsp3) is 0.214. The van der Waals surface area contributed by atoms with E-state index in [4.69, 9.17) is 5.11 Å². The normalized spacial score (nSPS) is 10.7. The molecule has 0 aliphatic rings. The summed E-state index contributed by atoms with van der Waals surface area (Å²) in [5, 5.41) is 20.4. The van der Waals surface area contributed by atoms with Crippen molar-refractivity contribution in [1.82, 2.24) is 0 Å². The highest BCUT2D eigenvalue weighted by Crippen LogP contribution is 2.30. The van der Waals surface area contributed by atoms with Gasteiger partial charge in [-0.1, -0.05) is 17.7 Å². The minimum Gasteiger partial charge on any atom is -0.507 e. The van der Waals surface area contributed by atoms with E-state index >= 15 is 0 Å². The molecule has 0 saturated carbocycles. The molecule has 2 rings (SSSR count). The summed E-state index contributed by atoms with van der Waals surface area (Å²) in [7, 11) is 0. The highest BCUT2D eigenvalue weighted by Gasteiger charge is 2.08. The van der Waals surface area contributed by atoms with Crippen LogP contribution in [0.2, 0.25) is 0 Å². The molecule has 3 heteroatoms. The maximum absolute atomic E-state index is 10.7. The van der Waals surface area contributed by atoms with Crippen molar-refractivity contribution in [2.75, 3.05) is 0 Å². The number of aryl methyl sites for hydroxylation is 2. The molecular formula is C14H14O3. The fourth-order valence-corrected chi connectivity index (χ4v) is 2.14. The molecule has 0 amide bonds. The number of phenols is 1. The van der Waals surface area contributed by atoms with Crippen LogP contribution < -0.4 is 0 Å². The monoisotopic (exact) mass is 230 g/mol. The average molecular weight is 230 g/mol. The summed E-state index contributed by atoms with van der Waals surface area (Å²) in [6.45, 7) is 3.93. The van der Waals surface area contributed by atoms with E-state index in [-0.39, 0.29) is 12.2 Å². The number of hydrogen-bond acceptors (Lipinski definition) is 2. The molecule has 0 radical (unpaired) electrons. The standard InChI is InChI=1S/C14H14O3/c1-8-3-9(2)11-5-10(7-14(16)17)6-13(15)12(11)4-8/h3-6,15H,7H2,1-2H3,(H,16,17). The van der Waals surface area contributed by atoms with Gasteiger partial charge in [0.15, 0.2) is 0 Å². The van der Waals surface area contributed by atoms with Gasteiger partial charge in [0.25, 0.3) is 0 Å². The first kappa shape index (κ1) is 11.5. The number of carboxylic acid groups (broad SMARTS) is 1. The first-order valence-corrected chi connectivity index (χ1v) is 5.42. The Morgan fingerprint density at radius 1 is 1.12 bits per heavy atom. The Morgan fingerprint density at radius 3 is 2.47 bits per heavy atom. The van der Waals surface area contributed by atoms with E-state index in [2.05, 4.69) is 0 Å². The Balaban J connectivity index is 2.68. The van der Waals surface area contributed by atoms with E-state index < -0.39 is 5.97 Å². The highest BCUT2D eigenvalue weighted by molar-refractivity contribution is 5.92. The molecule has 88 valence electrons. The van der Waals surface area contributed by atoms with E-state index in [0.717, 1.165) is 21.9 Å². The van der Waals surface area contributed by atoms with Crippen molar-refractivity contribution >= 4 is 16.7 Å². The molecule has 3 nitrogen and oxygen atoms in total. The second-order valence-electron chi connectivity index (χ2n) is 4.36. The van der Waals surface area contributed by atoms with Crippen molar-refractivity contribution in [2.24, 2.45) is 0 Å². The molecule has 2 aromatic carbocycles.